The predicted octanol–water partition coefficient (Wildman–Crippen LogP) is 3.41. The number of carbonyl (C=O) groups is 4. The van der Waals surface area contributed by atoms with E-state index >= 15 is 0 Å². The monoisotopic (exact) mass is 451 g/mol. The fourth-order valence-electron chi connectivity index (χ4n) is 3.50. The second-order valence-corrected chi connectivity index (χ2v) is 8.22. The maximum atomic E-state index is 12.8. The van der Waals surface area contributed by atoms with Crippen molar-refractivity contribution in [2.24, 2.45) is 0 Å². The van der Waals surface area contributed by atoms with Crippen LogP contribution in [0.15, 0.2) is 54.6 Å². The predicted molar refractivity (Wildman–Crippen MR) is 122 cm³/mol. The van der Waals surface area contributed by atoms with Gasteiger partial charge in [-0.2, -0.15) is 5.01 Å². The highest BCUT2D eigenvalue weighted by Gasteiger charge is 2.48. The summed E-state index contributed by atoms with van der Waals surface area (Å²) in [5.41, 5.74) is 2.73. The fraction of sp³-hybridized carbons (Fsp3) is 0.360. The largest absolute Gasteiger partial charge is 0.494 e. The fourth-order valence-corrected chi connectivity index (χ4v) is 3.50. The number of imide groups is 1. The van der Waals surface area contributed by atoms with Gasteiger partial charge in [-0.15, -0.1) is 0 Å². The number of rotatable bonds is 11. The molecule has 1 aliphatic heterocycles. The topological polar surface area (TPSA) is 105 Å². The molecule has 2 aromatic rings. The Bertz CT molecular complexity index is 1010. The van der Waals surface area contributed by atoms with Crippen molar-refractivity contribution in [3.05, 3.63) is 65.7 Å². The number of hydrazine groups is 1. The summed E-state index contributed by atoms with van der Waals surface area (Å²) in [7, 11) is 0. The van der Waals surface area contributed by atoms with Gasteiger partial charge in [0.05, 0.1) is 6.61 Å². The molecule has 0 radical (unpaired) electrons. The van der Waals surface area contributed by atoms with Crippen molar-refractivity contribution in [3.63, 3.8) is 0 Å². The van der Waals surface area contributed by atoms with Crippen molar-refractivity contribution in [1.82, 2.24) is 15.8 Å². The first-order chi connectivity index (χ1) is 15.8. The number of Topliss-reactive ketones (excluding diaryl/α,β-unsaturated/α-hetero) is 1. The lowest BCUT2D eigenvalue weighted by atomic mass is 9.93. The summed E-state index contributed by atoms with van der Waals surface area (Å²) in [5, 5.41) is 3.37. The van der Waals surface area contributed by atoms with Crippen LogP contribution in [0.25, 0.3) is 0 Å². The van der Waals surface area contributed by atoms with E-state index in [1.54, 1.807) is 31.2 Å². The Balaban J connectivity index is 1.49. The zero-order valence-corrected chi connectivity index (χ0v) is 18.9. The van der Waals surface area contributed by atoms with E-state index in [4.69, 9.17) is 4.74 Å². The van der Waals surface area contributed by atoms with Gasteiger partial charge in [0.2, 0.25) is 5.91 Å². The van der Waals surface area contributed by atoms with E-state index in [-0.39, 0.29) is 18.6 Å². The molecule has 1 atom stereocenters. The van der Waals surface area contributed by atoms with Gasteiger partial charge in [0.25, 0.3) is 5.91 Å². The minimum atomic E-state index is -1.11. The molecule has 8 nitrogen and oxygen atoms in total. The highest BCUT2D eigenvalue weighted by atomic mass is 16.5. The smallest absolute Gasteiger partial charge is 0.344 e. The quantitative estimate of drug-likeness (QED) is 0.402. The maximum absolute atomic E-state index is 12.8. The van der Waals surface area contributed by atoms with Gasteiger partial charge in [-0.25, -0.2) is 4.79 Å². The number of ether oxygens (including phenoxy) is 1. The molecule has 1 fully saturated rings. The van der Waals surface area contributed by atoms with Crippen LogP contribution in [0.5, 0.6) is 5.75 Å². The summed E-state index contributed by atoms with van der Waals surface area (Å²) in [6.45, 7) is 4.24. The van der Waals surface area contributed by atoms with Crippen LogP contribution in [-0.2, 0) is 16.0 Å². The van der Waals surface area contributed by atoms with Crippen molar-refractivity contribution in [3.8, 4) is 5.75 Å². The Hall–Kier alpha value is -3.68. The van der Waals surface area contributed by atoms with Crippen LogP contribution in [0.3, 0.4) is 0 Å². The molecule has 4 amide bonds. The molecule has 3 rings (SSSR count). The number of carbonyl (C=O) groups excluding carboxylic acids is 4. The highest BCUT2D eigenvalue weighted by molar-refractivity contribution is 6.08. The van der Waals surface area contributed by atoms with Gasteiger partial charge in [-0.05, 0) is 56.0 Å². The first kappa shape index (κ1) is 24.0. The van der Waals surface area contributed by atoms with E-state index in [0.29, 0.717) is 35.8 Å². The molecule has 1 saturated heterocycles. The molecule has 174 valence electrons. The number of aryl methyl sites for hydroxylation is 1. The van der Waals surface area contributed by atoms with Crippen LogP contribution >= 0.6 is 0 Å². The van der Waals surface area contributed by atoms with Crippen molar-refractivity contribution >= 4 is 23.6 Å². The Morgan fingerprint density at radius 3 is 2.39 bits per heavy atom. The number of hydrogen-bond donors (Lipinski definition) is 2. The number of hydrogen-bond acceptors (Lipinski definition) is 5. The van der Waals surface area contributed by atoms with Crippen LogP contribution in [0.4, 0.5) is 4.79 Å². The van der Waals surface area contributed by atoms with Crippen molar-refractivity contribution in [1.29, 1.82) is 0 Å². The Labute approximate surface area is 193 Å². The summed E-state index contributed by atoms with van der Waals surface area (Å²) in [5.74, 6) is -0.634. The van der Waals surface area contributed by atoms with E-state index in [0.717, 1.165) is 12.0 Å². The Morgan fingerprint density at radius 1 is 1.03 bits per heavy atom. The maximum Gasteiger partial charge on any atom is 0.344 e. The second kappa shape index (κ2) is 10.8. The molecule has 0 bridgehead atoms. The molecule has 1 unspecified atom stereocenters. The minimum absolute atomic E-state index is 0.0457. The standard InChI is InChI=1S/C25H29N3O5/c1-3-17-33-20-11-9-19(10-12-20)21(29)13-14-22(30)27-28-23(31)25(2,26-24(28)32)16-15-18-7-5-4-6-8-18/h4-12H,3,13-17H2,1-2H3,(H,26,32)(H,27,30). The molecule has 1 heterocycles. The van der Waals surface area contributed by atoms with Gasteiger partial charge in [0.1, 0.15) is 11.3 Å². The second-order valence-electron chi connectivity index (χ2n) is 8.22. The van der Waals surface area contributed by atoms with Crippen LogP contribution in [0, 0.1) is 0 Å². The van der Waals surface area contributed by atoms with E-state index < -0.39 is 23.4 Å². The zero-order valence-electron chi connectivity index (χ0n) is 18.9. The lowest BCUT2D eigenvalue weighted by molar-refractivity contribution is -0.138. The van der Waals surface area contributed by atoms with E-state index in [1.165, 1.54) is 0 Å². The summed E-state index contributed by atoms with van der Waals surface area (Å²) in [6.07, 6.45) is 1.69. The van der Waals surface area contributed by atoms with Crippen molar-refractivity contribution in [2.75, 3.05) is 6.61 Å². The van der Waals surface area contributed by atoms with Crippen LogP contribution in [0.1, 0.15) is 55.5 Å². The SMILES string of the molecule is CCCOc1ccc(C(=O)CCC(=O)NN2C(=O)NC(C)(CCc3ccccc3)C2=O)cc1. The molecular weight excluding hydrogens is 422 g/mol. The molecule has 8 heteroatoms. The molecule has 33 heavy (non-hydrogen) atoms. The minimum Gasteiger partial charge on any atom is -0.494 e. The van der Waals surface area contributed by atoms with Crippen LogP contribution in [-0.4, -0.2) is 40.8 Å². The first-order valence-corrected chi connectivity index (χ1v) is 11.1. The summed E-state index contributed by atoms with van der Waals surface area (Å²) >= 11 is 0. The van der Waals surface area contributed by atoms with Gasteiger partial charge < -0.3 is 10.1 Å². The summed E-state index contributed by atoms with van der Waals surface area (Å²) in [4.78, 5) is 49.8. The average Bonchev–Trinajstić information content (AvgIpc) is 3.04. The van der Waals surface area contributed by atoms with Gasteiger partial charge in [0, 0.05) is 18.4 Å². The normalized spacial score (nSPS) is 17.6. The first-order valence-electron chi connectivity index (χ1n) is 11.1. The molecule has 2 aromatic carbocycles. The van der Waals surface area contributed by atoms with Crippen molar-refractivity contribution < 1.29 is 23.9 Å². The van der Waals surface area contributed by atoms with Gasteiger partial charge >= 0.3 is 6.03 Å². The number of urea groups is 1. The third-order valence-corrected chi connectivity index (χ3v) is 5.48. The van der Waals surface area contributed by atoms with Crippen LogP contribution < -0.4 is 15.5 Å². The van der Waals surface area contributed by atoms with Crippen molar-refractivity contribution in [2.45, 2.75) is 51.5 Å². The average molecular weight is 452 g/mol. The number of benzene rings is 2. The molecule has 0 saturated carbocycles. The lowest BCUT2D eigenvalue weighted by Gasteiger charge is -2.21. The number of nitrogens with zero attached hydrogens (tertiary/aromatic N) is 1. The van der Waals surface area contributed by atoms with Gasteiger partial charge in [0.15, 0.2) is 5.78 Å². The van der Waals surface area contributed by atoms with Crippen LogP contribution in [0.2, 0.25) is 0 Å². The molecule has 0 aliphatic carbocycles. The summed E-state index contributed by atoms with van der Waals surface area (Å²) < 4.78 is 5.49. The lowest BCUT2D eigenvalue weighted by Crippen LogP contribution is -2.49. The Kier molecular flexibility index (Phi) is 7.82. The number of amides is 4. The highest BCUT2D eigenvalue weighted by Crippen LogP contribution is 2.22. The molecule has 0 spiro atoms. The Morgan fingerprint density at radius 2 is 1.73 bits per heavy atom. The summed E-state index contributed by atoms with van der Waals surface area (Å²) in [6, 6.07) is 15.7. The molecule has 2 N–H and O–H groups in total. The van der Waals surface area contributed by atoms with E-state index in [2.05, 4.69) is 10.7 Å². The van der Waals surface area contributed by atoms with E-state index in [9.17, 15) is 19.2 Å². The number of nitrogens with one attached hydrogen (secondary N) is 2. The van der Waals surface area contributed by atoms with Gasteiger partial charge in [-0.3, -0.25) is 19.8 Å². The third-order valence-electron chi connectivity index (χ3n) is 5.48. The van der Waals surface area contributed by atoms with Gasteiger partial charge in [-0.1, -0.05) is 37.3 Å². The van der Waals surface area contributed by atoms with E-state index in [1.807, 2.05) is 37.3 Å². The molecule has 1 aliphatic rings. The zero-order chi connectivity index (χ0) is 23.8. The molecular formula is C25H29N3O5. The molecule has 0 aromatic heterocycles. The third kappa shape index (κ3) is 6.19. The number of ketones is 1.